The number of nitro benzene ring substituents is 1. The Balaban J connectivity index is 1.83. The van der Waals surface area contributed by atoms with Crippen molar-refractivity contribution in [2.24, 2.45) is 4.99 Å². The molecule has 2 aromatic rings. The molecule has 0 N–H and O–H groups in total. The number of carbonyl (C=O) groups excluding carboxylic acids is 1. The van der Waals surface area contributed by atoms with E-state index < -0.39 is 4.92 Å². The highest BCUT2D eigenvalue weighted by Gasteiger charge is 2.33. The van der Waals surface area contributed by atoms with Gasteiger partial charge in [0.25, 0.3) is 11.6 Å². The molecule has 1 saturated heterocycles. The summed E-state index contributed by atoms with van der Waals surface area (Å²) in [5, 5.41) is 11.4. The van der Waals surface area contributed by atoms with Crippen LogP contribution in [0.2, 0.25) is 0 Å². The van der Waals surface area contributed by atoms with E-state index in [0.717, 1.165) is 17.2 Å². The fourth-order valence-electron chi connectivity index (χ4n) is 2.66. The van der Waals surface area contributed by atoms with Gasteiger partial charge in [0.1, 0.15) is 5.75 Å². The Morgan fingerprint density at radius 3 is 2.52 bits per heavy atom. The van der Waals surface area contributed by atoms with Crippen LogP contribution in [-0.4, -0.2) is 39.3 Å². The van der Waals surface area contributed by atoms with Crippen LogP contribution >= 0.6 is 11.8 Å². The third kappa shape index (κ3) is 4.28. The van der Waals surface area contributed by atoms with E-state index in [1.54, 1.807) is 4.90 Å². The number of non-ortho nitro benzene ring substituents is 1. The number of hydrogen-bond donors (Lipinski definition) is 0. The minimum Gasteiger partial charge on any atom is -0.494 e. The first-order valence-electron chi connectivity index (χ1n) is 8.52. The van der Waals surface area contributed by atoms with Gasteiger partial charge in [-0.1, -0.05) is 11.8 Å². The summed E-state index contributed by atoms with van der Waals surface area (Å²) in [6, 6.07) is 13.0. The maximum atomic E-state index is 12.9. The number of benzene rings is 2. The zero-order chi connectivity index (χ0) is 19.4. The van der Waals surface area contributed by atoms with E-state index in [1.165, 1.54) is 36.0 Å². The van der Waals surface area contributed by atoms with Crippen LogP contribution in [0.3, 0.4) is 0 Å². The Morgan fingerprint density at radius 1 is 1.26 bits per heavy atom. The Morgan fingerprint density at radius 2 is 1.93 bits per heavy atom. The molecule has 0 saturated carbocycles. The van der Waals surface area contributed by atoms with Crippen molar-refractivity contribution in [1.29, 1.82) is 0 Å². The fraction of sp³-hybridized carbons (Fsp3) is 0.263. The van der Waals surface area contributed by atoms with Crippen LogP contribution < -0.4 is 4.74 Å². The van der Waals surface area contributed by atoms with Crippen molar-refractivity contribution in [2.75, 3.05) is 12.4 Å². The van der Waals surface area contributed by atoms with Crippen molar-refractivity contribution in [1.82, 2.24) is 4.90 Å². The third-order valence-electron chi connectivity index (χ3n) is 4.02. The molecule has 0 aliphatic carbocycles. The maximum absolute atomic E-state index is 12.9. The van der Waals surface area contributed by atoms with E-state index in [2.05, 4.69) is 4.99 Å². The van der Waals surface area contributed by atoms with Crippen molar-refractivity contribution in [3.8, 4) is 5.75 Å². The normalized spacial score (nSPS) is 17.9. The molecule has 1 amide bonds. The summed E-state index contributed by atoms with van der Waals surface area (Å²) in [5.74, 6) is 1.30. The van der Waals surface area contributed by atoms with Crippen LogP contribution in [0.15, 0.2) is 53.5 Å². The monoisotopic (exact) mass is 385 g/mol. The summed E-state index contributed by atoms with van der Waals surface area (Å²) in [5.41, 5.74) is 1.09. The topological polar surface area (TPSA) is 85.0 Å². The largest absolute Gasteiger partial charge is 0.494 e. The van der Waals surface area contributed by atoms with Gasteiger partial charge in [0.2, 0.25) is 0 Å². The molecule has 3 rings (SSSR count). The molecular weight excluding hydrogens is 366 g/mol. The summed E-state index contributed by atoms with van der Waals surface area (Å²) < 4.78 is 5.43. The van der Waals surface area contributed by atoms with E-state index in [4.69, 9.17) is 4.74 Å². The molecule has 1 atom stereocenters. The number of carbonyl (C=O) groups is 1. The first kappa shape index (κ1) is 18.9. The van der Waals surface area contributed by atoms with Gasteiger partial charge >= 0.3 is 0 Å². The van der Waals surface area contributed by atoms with Crippen molar-refractivity contribution in [3.05, 3.63) is 64.2 Å². The average molecular weight is 385 g/mol. The lowest BCUT2D eigenvalue weighted by Crippen LogP contribution is -2.37. The summed E-state index contributed by atoms with van der Waals surface area (Å²) in [4.78, 5) is 29.5. The maximum Gasteiger partial charge on any atom is 0.269 e. The molecule has 0 spiro atoms. The lowest BCUT2D eigenvalue weighted by Gasteiger charge is -2.21. The number of nitro groups is 1. The van der Waals surface area contributed by atoms with E-state index in [0.29, 0.717) is 17.3 Å². The molecule has 27 heavy (non-hydrogen) atoms. The Bertz CT molecular complexity index is 866. The molecule has 2 aromatic carbocycles. The van der Waals surface area contributed by atoms with Gasteiger partial charge < -0.3 is 4.74 Å². The molecule has 0 unspecified atom stereocenters. The fourth-order valence-corrected chi connectivity index (χ4v) is 3.77. The molecule has 0 radical (unpaired) electrons. The lowest BCUT2D eigenvalue weighted by atomic mass is 10.1. The SMILES string of the molecule is CCOc1ccc(N=C2SC[C@@H](C)N2C(=O)c2ccc([N+](=O)[O-])cc2)cc1. The molecule has 1 aliphatic heterocycles. The van der Waals surface area contributed by atoms with Gasteiger partial charge in [0.15, 0.2) is 5.17 Å². The number of thioether (sulfide) groups is 1. The Labute approximate surface area is 161 Å². The molecule has 0 aromatic heterocycles. The number of hydrogen-bond acceptors (Lipinski definition) is 6. The molecular formula is C19H19N3O4S. The molecule has 7 nitrogen and oxygen atoms in total. The molecule has 1 fully saturated rings. The van der Waals surface area contributed by atoms with Gasteiger partial charge in [0, 0.05) is 29.5 Å². The van der Waals surface area contributed by atoms with Gasteiger partial charge in [-0.3, -0.25) is 19.8 Å². The lowest BCUT2D eigenvalue weighted by molar-refractivity contribution is -0.384. The second-order valence-corrected chi connectivity index (χ2v) is 6.95. The zero-order valence-electron chi connectivity index (χ0n) is 15.0. The Kier molecular flexibility index (Phi) is 5.75. The summed E-state index contributed by atoms with van der Waals surface area (Å²) in [6.45, 7) is 4.47. The van der Waals surface area contributed by atoms with Crippen LogP contribution in [0, 0.1) is 10.1 Å². The highest BCUT2D eigenvalue weighted by molar-refractivity contribution is 8.14. The number of aliphatic imine (C=N–C) groups is 1. The minimum atomic E-state index is -0.485. The van der Waals surface area contributed by atoms with Crippen molar-refractivity contribution in [2.45, 2.75) is 19.9 Å². The Hall–Kier alpha value is -2.87. The molecule has 1 heterocycles. The van der Waals surface area contributed by atoms with Crippen molar-refractivity contribution < 1.29 is 14.5 Å². The average Bonchev–Trinajstić information content (AvgIpc) is 3.03. The standard InChI is InChI=1S/C19H19N3O4S/c1-3-26-17-10-6-15(7-11-17)20-19-21(13(2)12-27-19)18(23)14-4-8-16(9-5-14)22(24)25/h4-11,13H,3,12H2,1-2H3/t13-/m1/s1. The number of ether oxygens (including phenoxy) is 1. The quantitative estimate of drug-likeness (QED) is 0.567. The molecule has 8 heteroatoms. The van der Waals surface area contributed by atoms with Gasteiger partial charge in [-0.2, -0.15) is 0 Å². The van der Waals surface area contributed by atoms with Crippen LogP contribution in [0.1, 0.15) is 24.2 Å². The molecule has 140 valence electrons. The predicted molar refractivity (Wildman–Crippen MR) is 106 cm³/mol. The first-order chi connectivity index (χ1) is 13.0. The highest BCUT2D eigenvalue weighted by atomic mass is 32.2. The summed E-state index contributed by atoms with van der Waals surface area (Å²) >= 11 is 1.51. The first-order valence-corrected chi connectivity index (χ1v) is 9.50. The van der Waals surface area contributed by atoms with Crippen LogP contribution in [0.25, 0.3) is 0 Å². The van der Waals surface area contributed by atoms with Gasteiger partial charge in [0.05, 0.1) is 17.2 Å². The third-order valence-corrected chi connectivity index (χ3v) is 5.21. The van der Waals surface area contributed by atoms with E-state index in [-0.39, 0.29) is 17.6 Å². The van der Waals surface area contributed by atoms with Crippen LogP contribution in [0.5, 0.6) is 5.75 Å². The summed E-state index contributed by atoms with van der Waals surface area (Å²) in [6.07, 6.45) is 0. The number of rotatable bonds is 5. The van der Waals surface area contributed by atoms with Crippen LogP contribution in [-0.2, 0) is 0 Å². The van der Waals surface area contributed by atoms with Crippen LogP contribution in [0.4, 0.5) is 11.4 Å². The minimum absolute atomic E-state index is 0.0147. The number of nitrogens with zero attached hydrogens (tertiary/aromatic N) is 3. The second kappa shape index (κ2) is 8.22. The van der Waals surface area contributed by atoms with E-state index >= 15 is 0 Å². The van der Waals surface area contributed by atoms with E-state index in [1.807, 2.05) is 38.1 Å². The van der Waals surface area contributed by atoms with Crippen molar-refractivity contribution in [3.63, 3.8) is 0 Å². The molecule has 1 aliphatic rings. The number of amidine groups is 1. The predicted octanol–water partition coefficient (Wildman–Crippen LogP) is 4.26. The van der Waals surface area contributed by atoms with E-state index in [9.17, 15) is 14.9 Å². The second-order valence-electron chi connectivity index (χ2n) is 5.96. The molecule has 0 bridgehead atoms. The summed E-state index contributed by atoms with van der Waals surface area (Å²) in [7, 11) is 0. The smallest absolute Gasteiger partial charge is 0.269 e. The highest BCUT2D eigenvalue weighted by Crippen LogP contribution is 2.29. The van der Waals surface area contributed by atoms with Gasteiger partial charge in [-0.05, 0) is 50.2 Å². The van der Waals surface area contributed by atoms with Gasteiger partial charge in [-0.25, -0.2) is 4.99 Å². The zero-order valence-corrected chi connectivity index (χ0v) is 15.8. The van der Waals surface area contributed by atoms with Crippen molar-refractivity contribution >= 4 is 34.2 Å². The number of amides is 1. The van der Waals surface area contributed by atoms with Gasteiger partial charge in [-0.15, -0.1) is 0 Å².